The Labute approximate surface area is 89.2 Å². The summed E-state index contributed by atoms with van der Waals surface area (Å²) in [6.45, 7) is 0. The van der Waals surface area contributed by atoms with Gasteiger partial charge in [-0.25, -0.2) is 4.98 Å². The number of halogens is 2. The van der Waals surface area contributed by atoms with Crippen molar-refractivity contribution in [1.29, 1.82) is 0 Å². The van der Waals surface area contributed by atoms with Crippen LogP contribution in [0, 0.1) is 0 Å². The van der Waals surface area contributed by atoms with Crippen molar-refractivity contribution in [2.45, 2.75) is 0 Å². The van der Waals surface area contributed by atoms with E-state index in [4.69, 9.17) is 16.3 Å². The fourth-order valence-corrected chi connectivity index (χ4v) is 1.34. The minimum Gasteiger partial charge on any atom is -0.481 e. The van der Waals surface area contributed by atoms with Crippen LogP contribution in [0.1, 0.15) is 10.4 Å². The summed E-state index contributed by atoms with van der Waals surface area (Å²) in [4.78, 5) is 15.1. The summed E-state index contributed by atoms with van der Waals surface area (Å²) in [6, 6.07) is 3.06. The summed E-state index contributed by atoms with van der Waals surface area (Å²) < 4.78 is 4.87. The number of aromatic nitrogens is 1. The molecule has 0 spiro atoms. The van der Waals surface area contributed by atoms with Gasteiger partial charge in [0.05, 0.1) is 12.4 Å². The molecule has 3 nitrogen and oxygen atoms in total. The maximum absolute atomic E-state index is 11.2. The van der Waals surface area contributed by atoms with Crippen molar-refractivity contribution in [1.82, 2.24) is 4.98 Å². The molecule has 70 valence electrons. The Balaban J connectivity index is 3.08. The van der Waals surface area contributed by atoms with E-state index in [1.54, 1.807) is 6.07 Å². The van der Waals surface area contributed by atoms with Gasteiger partial charge in [-0.2, -0.15) is 0 Å². The Morgan fingerprint density at radius 3 is 2.92 bits per heavy atom. The summed E-state index contributed by atoms with van der Waals surface area (Å²) in [5, 5.41) is 0.514. The van der Waals surface area contributed by atoms with Crippen molar-refractivity contribution in [2.24, 2.45) is 0 Å². The maximum atomic E-state index is 11.2. The number of ether oxygens (including phenoxy) is 1. The smallest absolute Gasteiger partial charge is 0.215 e. The molecule has 1 heterocycles. The van der Waals surface area contributed by atoms with Crippen molar-refractivity contribution in [3.8, 4) is 5.88 Å². The van der Waals surface area contributed by atoms with E-state index >= 15 is 0 Å². The standard InChI is InChI=1S/C8H7BrClNO2/c1-13-8-3-5(6(12)4-9)2-7(10)11-8/h2-3H,4H2,1H3. The molecule has 1 aromatic rings. The fourth-order valence-electron chi connectivity index (χ4n) is 0.816. The second-order valence-corrected chi connectivity index (χ2v) is 3.23. The molecule has 1 aromatic heterocycles. The highest BCUT2D eigenvalue weighted by atomic mass is 79.9. The zero-order valence-electron chi connectivity index (χ0n) is 6.88. The van der Waals surface area contributed by atoms with Crippen LogP contribution in [-0.2, 0) is 0 Å². The van der Waals surface area contributed by atoms with E-state index < -0.39 is 0 Å². The van der Waals surface area contributed by atoms with Crippen molar-refractivity contribution in [3.63, 3.8) is 0 Å². The normalized spacial score (nSPS) is 9.77. The highest BCUT2D eigenvalue weighted by molar-refractivity contribution is 9.09. The third kappa shape index (κ3) is 2.67. The van der Waals surface area contributed by atoms with Crippen LogP contribution in [0.5, 0.6) is 5.88 Å². The summed E-state index contributed by atoms with van der Waals surface area (Å²) >= 11 is 8.74. The van der Waals surface area contributed by atoms with Crippen LogP contribution in [-0.4, -0.2) is 23.2 Å². The number of hydrogen-bond acceptors (Lipinski definition) is 3. The number of pyridine rings is 1. The van der Waals surface area contributed by atoms with Gasteiger partial charge in [0, 0.05) is 11.6 Å². The number of carbonyl (C=O) groups excluding carboxylic acids is 1. The molecule has 0 fully saturated rings. The molecule has 0 radical (unpaired) electrons. The van der Waals surface area contributed by atoms with Crippen molar-refractivity contribution >= 4 is 33.3 Å². The lowest BCUT2D eigenvalue weighted by molar-refractivity contribution is 0.102. The van der Waals surface area contributed by atoms with E-state index in [-0.39, 0.29) is 16.3 Å². The van der Waals surface area contributed by atoms with Gasteiger partial charge in [0.1, 0.15) is 5.15 Å². The Bertz CT molecular complexity index is 330. The average Bonchev–Trinajstić information content (AvgIpc) is 2.15. The first-order valence-corrected chi connectivity index (χ1v) is 4.98. The van der Waals surface area contributed by atoms with Gasteiger partial charge in [-0.15, -0.1) is 0 Å². The molecule has 0 aliphatic carbocycles. The summed E-state index contributed by atoms with van der Waals surface area (Å²) in [5.74, 6) is 0.291. The Morgan fingerprint density at radius 1 is 1.69 bits per heavy atom. The number of alkyl halides is 1. The predicted octanol–water partition coefficient (Wildman–Crippen LogP) is 2.32. The summed E-state index contributed by atoms with van der Waals surface area (Å²) in [7, 11) is 1.47. The molecule has 0 unspecified atom stereocenters. The largest absolute Gasteiger partial charge is 0.481 e. The van der Waals surface area contributed by atoms with Crippen LogP contribution in [0.25, 0.3) is 0 Å². The zero-order valence-corrected chi connectivity index (χ0v) is 9.22. The molecule has 0 aromatic carbocycles. The van der Waals surface area contributed by atoms with E-state index in [2.05, 4.69) is 20.9 Å². The van der Waals surface area contributed by atoms with Gasteiger partial charge >= 0.3 is 0 Å². The zero-order chi connectivity index (χ0) is 9.84. The number of carbonyl (C=O) groups is 1. The molecular weight excluding hydrogens is 257 g/mol. The lowest BCUT2D eigenvalue weighted by Crippen LogP contribution is -2.01. The van der Waals surface area contributed by atoms with E-state index in [1.807, 2.05) is 0 Å². The molecule has 1 rings (SSSR count). The number of methoxy groups -OCH3 is 1. The van der Waals surface area contributed by atoms with Crippen molar-refractivity contribution < 1.29 is 9.53 Å². The molecular formula is C8H7BrClNO2. The quantitative estimate of drug-likeness (QED) is 0.478. The van der Waals surface area contributed by atoms with E-state index in [0.29, 0.717) is 11.4 Å². The van der Waals surface area contributed by atoms with Crippen LogP contribution in [0.2, 0.25) is 5.15 Å². The van der Waals surface area contributed by atoms with Gasteiger partial charge < -0.3 is 4.74 Å². The molecule has 0 amide bonds. The van der Waals surface area contributed by atoms with Gasteiger partial charge in [0.15, 0.2) is 5.78 Å². The number of hydrogen-bond donors (Lipinski definition) is 0. The second-order valence-electron chi connectivity index (χ2n) is 2.28. The van der Waals surface area contributed by atoms with Gasteiger partial charge in [-0.1, -0.05) is 27.5 Å². The van der Waals surface area contributed by atoms with Crippen molar-refractivity contribution in [2.75, 3.05) is 12.4 Å². The summed E-state index contributed by atoms with van der Waals surface area (Å²) in [5.41, 5.74) is 0.494. The topological polar surface area (TPSA) is 39.2 Å². The van der Waals surface area contributed by atoms with Gasteiger partial charge in [-0.3, -0.25) is 4.79 Å². The highest BCUT2D eigenvalue weighted by Gasteiger charge is 2.07. The molecule has 0 bridgehead atoms. The molecule has 5 heteroatoms. The van der Waals surface area contributed by atoms with Crippen LogP contribution in [0.3, 0.4) is 0 Å². The third-order valence-corrected chi connectivity index (χ3v) is 2.13. The maximum Gasteiger partial charge on any atom is 0.215 e. The predicted molar refractivity (Wildman–Crippen MR) is 53.9 cm³/mol. The summed E-state index contributed by atoms with van der Waals surface area (Å²) in [6.07, 6.45) is 0. The number of nitrogens with zero attached hydrogens (tertiary/aromatic N) is 1. The third-order valence-electron chi connectivity index (χ3n) is 1.42. The minimum atomic E-state index is -0.0531. The van der Waals surface area contributed by atoms with E-state index in [0.717, 1.165) is 0 Å². The van der Waals surface area contributed by atoms with Gasteiger partial charge in [-0.05, 0) is 6.07 Å². The Hall–Kier alpha value is -0.610. The van der Waals surface area contributed by atoms with Crippen molar-refractivity contribution in [3.05, 3.63) is 22.8 Å². The molecule has 0 atom stereocenters. The first-order chi connectivity index (χ1) is 6.17. The fraction of sp³-hybridized carbons (Fsp3) is 0.250. The highest BCUT2D eigenvalue weighted by Crippen LogP contribution is 2.16. The molecule has 0 saturated heterocycles. The van der Waals surface area contributed by atoms with E-state index in [1.165, 1.54) is 13.2 Å². The average molecular weight is 265 g/mol. The second kappa shape index (κ2) is 4.58. The lowest BCUT2D eigenvalue weighted by Gasteiger charge is -2.02. The minimum absolute atomic E-state index is 0.0531. The van der Waals surface area contributed by atoms with Gasteiger partial charge in [0.2, 0.25) is 5.88 Å². The first-order valence-electron chi connectivity index (χ1n) is 3.48. The molecule has 0 N–H and O–H groups in total. The first kappa shape index (κ1) is 10.5. The monoisotopic (exact) mass is 263 g/mol. The number of Topliss-reactive ketones (excluding diaryl/α,β-unsaturated/α-hetero) is 1. The Morgan fingerprint density at radius 2 is 2.38 bits per heavy atom. The Kier molecular flexibility index (Phi) is 3.69. The van der Waals surface area contributed by atoms with Crippen LogP contribution < -0.4 is 4.74 Å². The molecule has 0 aliphatic heterocycles. The SMILES string of the molecule is COc1cc(C(=O)CBr)cc(Cl)n1. The molecule has 0 aliphatic rings. The number of rotatable bonds is 3. The van der Waals surface area contributed by atoms with Crippen LogP contribution in [0.4, 0.5) is 0 Å². The molecule has 13 heavy (non-hydrogen) atoms. The lowest BCUT2D eigenvalue weighted by atomic mass is 10.2. The van der Waals surface area contributed by atoms with Gasteiger partial charge in [0.25, 0.3) is 0 Å². The number of ketones is 1. The van der Waals surface area contributed by atoms with Crippen LogP contribution >= 0.6 is 27.5 Å². The molecule has 0 saturated carbocycles. The van der Waals surface area contributed by atoms with E-state index in [9.17, 15) is 4.79 Å². The van der Waals surface area contributed by atoms with Crippen LogP contribution in [0.15, 0.2) is 12.1 Å².